The van der Waals surface area contributed by atoms with Crippen molar-refractivity contribution in [1.82, 2.24) is 4.98 Å². The Kier molecular flexibility index (Phi) is 5.11. The summed E-state index contributed by atoms with van der Waals surface area (Å²) in [4.78, 5) is 16.9. The van der Waals surface area contributed by atoms with Crippen molar-refractivity contribution in [2.45, 2.75) is 33.1 Å². The summed E-state index contributed by atoms with van der Waals surface area (Å²) in [5.41, 5.74) is 4.32. The number of amides is 1. The Hall–Kier alpha value is -1.98. The average Bonchev–Trinajstić information content (AvgIpc) is 3.16. The molecular weight excluding hydrogens is 336 g/mol. The van der Waals surface area contributed by atoms with Crippen LogP contribution < -0.4 is 5.32 Å². The second-order valence-electron chi connectivity index (χ2n) is 6.08. The second kappa shape index (κ2) is 7.28. The molecule has 24 heavy (non-hydrogen) atoms. The van der Waals surface area contributed by atoms with E-state index in [2.05, 4.69) is 36.3 Å². The van der Waals surface area contributed by atoms with Crippen molar-refractivity contribution in [3.05, 3.63) is 57.9 Å². The van der Waals surface area contributed by atoms with Gasteiger partial charge in [-0.2, -0.15) is 0 Å². The topological polar surface area (TPSA) is 42.0 Å². The van der Waals surface area contributed by atoms with Crippen LogP contribution in [0.1, 0.15) is 36.6 Å². The van der Waals surface area contributed by atoms with Crippen LogP contribution in [0.25, 0.3) is 10.6 Å². The number of hydrogen-bond donors (Lipinski definition) is 1. The summed E-state index contributed by atoms with van der Waals surface area (Å²) in [5, 5.41) is 8.86. The van der Waals surface area contributed by atoms with E-state index < -0.39 is 0 Å². The quantitative estimate of drug-likeness (QED) is 0.657. The van der Waals surface area contributed by atoms with Gasteiger partial charge < -0.3 is 5.32 Å². The third-order valence-corrected chi connectivity index (χ3v) is 5.60. The molecule has 0 unspecified atom stereocenters. The van der Waals surface area contributed by atoms with E-state index in [1.165, 1.54) is 16.9 Å². The molecule has 0 atom stereocenters. The number of carbonyl (C=O) groups is 1. The van der Waals surface area contributed by atoms with E-state index in [4.69, 9.17) is 0 Å². The summed E-state index contributed by atoms with van der Waals surface area (Å²) in [7, 11) is 0. The number of thiazole rings is 1. The van der Waals surface area contributed by atoms with Gasteiger partial charge in [0.15, 0.2) is 0 Å². The number of rotatable bonds is 5. The monoisotopic (exact) mass is 356 g/mol. The minimum atomic E-state index is 0.00396. The number of aryl methyl sites for hydroxylation is 1. The van der Waals surface area contributed by atoms with Crippen LogP contribution in [0.5, 0.6) is 0 Å². The van der Waals surface area contributed by atoms with Crippen molar-refractivity contribution >= 4 is 33.6 Å². The predicted octanol–water partition coefficient (Wildman–Crippen LogP) is 5.48. The van der Waals surface area contributed by atoms with Crippen LogP contribution >= 0.6 is 22.7 Å². The summed E-state index contributed by atoms with van der Waals surface area (Å²) in [6, 6.07) is 10.3. The molecule has 0 radical (unpaired) electrons. The van der Waals surface area contributed by atoms with Crippen LogP contribution in [-0.4, -0.2) is 10.9 Å². The number of hydrogen-bond acceptors (Lipinski definition) is 4. The number of anilines is 1. The highest BCUT2D eigenvalue weighted by atomic mass is 32.1. The lowest BCUT2D eigenvalue weighted by Crippen LogP contribution is -2.14. The fourth-order valence-corrected chi connectivity index (χ4v) is 4.13. The zero-order valence-electron chi connectivity index (χ0n) is 14.0. The van der Waals surface area contributed by atoms with E-state index in [0.29, 0.717) is 12.3 Å². The van der Waals surface area contributed by atoms with Crippen LogP contribution in [-0.2, 0) is 11.2 Å². The number of aromatic nitrogens is 1. The van der Waals surface area contributed by atoms with Crippen molar-refractivity contribution < 1.29 is 4.79 Å². The van der Waals surface area contributed by atoms with Gasteiger partial charge in [0.25, 0.3) is 0 Å². The van der Waals surface area contributed by atoms with Crippen LogP contribution in [0, 0.1) is 6.92 Å². The first-order chi connectivity index (χ1) is 11.5. The van der Waals surface area contributed by atoms with Crippen molar-refractivity contribution in [2.75, 3.05) is 5.32 Å². The van der Waals surface area contributed by atoms with Crippen molar-refractivity contribution in [3.8, 4) is 10.6 Å². The fourth-order valence-electron chi connectivity index (χ4n) is 2.43. The molecule has 3 aromatic rings. The second-order valence-corrected chi connectivity index (χ2v) is 7.85. The Morgan fingerprint density at radius 2 is 1.92 bits per heavy atom. The maximum absolute atomic E-state index is 12.4. The molecule has 2 heterocycles. The largest absolute Gasteiger partial charge is 0.317 e. The predicted molar refractivity (Wildman–Crippen MR) is 103 cm³/mol. The maximum atomic E-state index is 12.4. The molecule has 3 rings (SSSR count). The van der Waals surface area contributed by atoms with Gasteiger partial charge in [0.1, 0.15) is 10.0 Å². The van der Waals surface area contributed by atoms with E-state index >= 15 is 0 Å². The van der Waals surface area contributed by atoms with Gasteiger partial charge in [-0.15, -0.1) is 22.7 Å². The molecular formula is C19H20N2OS2. The van der Waals surface area contributed by atoms with Crippen LogP contribution in [0.3, 0.4) is 0 Å². The lowest BCUT2D eigenvalue weighted by Gasteiger charge is -2.08. The van der Waals surface area contributed by atoms with Crippen LogP contribution in [0.15, 0.2) is 41.1 Å². The number of benzene rings is 1. The van der Waals surface area contributed by atoms with Gasteiger partial charge in [-0.3, -0.25) is 4.79 Å². The molecule has 0 spiro atoms. The van der Waals surface area contributed by atoms with E-state index in [1.807, 2.05) is 35.9 Å². The van der Waals surface area contributed by atoms with E-state index in [0.717, 1.165) is 26.8 Å². The Morgan fingerprint density at radius 1 is 1.17 bits per heavy atom. The standard InChI is InChI=1S/C19H20N2OS2/c1-12(2)15-6-4-14(5-7-15)10-17(22)21-19-16(8-9-23-19)18-20-13(3)11-24-18/h4-9,11-12H,10H2,1-3H3,(H,21,22). The van der Waals surface area contributed by atoms with E-state index in [1.54, 1.807) is 11.3 Å². The molecule has 0 aliphatic carbocycles. The SMILES string of the molecule is Cc1csc(-c2ccsc2NC(=O)Cc2ccc(C(C)C)cc2)n1. The number of thiophene rings is 1. The number of nitrogens with zero attached hydrogens (tertiary/aromatic N) is 1. The third-order valence-electron chi connectivity index (χ3n) is 3.78. The van der Waals surface area contributed by atoms with Gasteiger partial charge in [0.2, 0.25) is 5.91 Å². The molecule has 0 aliphatic heterocycles. The smallest absolute Gasteiger partial charge is 0.229 e. The average molecular weight is 357 g/mol. The highest BCUT2D eigenvalue weighted by molar-refractivity contribution is 7.17. The highest BCUT2D eigenvalue weighted by Crippen LogP contribution is 2.35. The Labute approximate surface area is 150 Å². The van der Waals surface area contributed by atoms with Gasteiger partial charge in [-0.1, -0.05) is 38.1 Å². The van der Waals surface area contributed by atoms with Gasteiger partial charge in [-0.05, 0) is 35.4 Å². The number of nitrogens with one attached hydrogen (secondary N) is 1. The van der Waals surface area contributed by atoms with Crippen LogP contribution in [0.2, 0.25) is 0 Å². The summed E-state index contributed by atoms with van der Waals surface area (Å²) >= 11 is 3.13. The first kappa shape index (κ1) is 16.9. The summed E-state index contributed by atoms with van der Waals surface area (Å²) < 4.78 is 0. The van der Waals surface area contributed by atoms with Gasteiger partial charge >= 0.3 is 0 Å². The third kappa shape index (κ3) is 3.91. The normalized spacial score (nSPS) is 11.0. The molecule has 0 bridgehead atoms. The fraction of sp³-hybridized carbons (Fsp3) is 0.263. The zero-order chi connectivity index (χ0) is 17.1. The van der Waals surface area contributed by atoms with Gasteiger partial charge in [-0.25, -0.2) is 4.98 Å². The zero-order valence-corrected chi connectivity index (χ0v) is 15.6. The molecule has 3 nitrogen and oxygen atoms in total. The maximum Gasteiger partial charge on any atom is 0.229 e. The molecule has 124 valence electrons. The molecule has 0 fully saturated rings. The van der Waals surface area contributed by atoms with Crippen molar-refractivity contribution in [1.29, 1.82) is 0 Å². The Balaban J connectivity index is 1.68. The number of carbonyl (C=O) groups excluding carboxylic acids is 1. The lowest BCUT2D eigenvalue weighted by atomic mass is 10.0. The van der Waals surface area contributed by atoms with Gasteiger partial charge in [0.05, 0.1) is 6.42 Å². The molecule has 1 amide bonds. The highest BCUT2D eigenvalue weighted by Gasteiger charge is 2.13. The van der Waals surface area contributed by atoms with Crippen molar-refractivity contribution in [3.63, 3.8) is 0 Å². The summed E-state index contributed by atoms with van der Waals surface area (Å²) in [5.74, 6) is 0.507. The lowest BCUT2D eigenvalue weighted by molar-refractivity contribution is -0.115. The molecule has 1 aromatic carbocycles. The Bertz CT molecular complexity index is 831. The molecule has 5 heteroatoms. The van der Waals surface area contributed by atoms with Crippen LogP contribution in [0.4, 0.5) is 5.00 Å². The van der Waals surface area contributed by atoms with Gasteiger partial charge in [0, 0.05) is 16.6 Å². The molecule has 1 N–H and O–H groups in total. The molecule has 0 saturated carbocycles. The minimum Gasteiger partial charge on any atom is -0.317 e. The molecule has 0 aliphatic rings. The summed E-state index contributed by atoms with van der Waals surface area (Å²) in [6.45, 7) is 6.31. The summed E-state index contributed by atoms with van der Waals surface area (Å²) in [6.07, 6.45) is 0.382. The Morgan fingerprint density at radius 3 is 2.54 bits per heavy atom. The first-order valence-electron chi connectivity index (χ1n) is 7.91. The minimum absolute atomic E-state index is 0.00396. The first-order valence-corrected chi connectivity index (χ1v) is 9.67. The molecule has 2 aromatic heterocycles. The van der Waals surface area contributed by atoms with E-state index in [9.17, 15) is 4.79 Å². The van der Waals surface area contributed by atoms with E-state index in [-0.39, 0.29) is 5.91 Å². The molecule has 0 saturated heterocycles. The van der Waals surface area contributed by atoms with Crippen molar-refractivity contribution in [2.24, 2.45) is 0 Å².